The number of phenols is 2. The van der Waals surface area contributed by atoms with Crippen molar-refractivity contribution in [1.29, 1.82) is 0 Å². The first-order valence-corrected chi connectivity index (χ1v) is 14.2. The monoisotopic (exact) mass is 561 g/mol. The molecule has 10 nitrogen and oxygen atoms in total. The number of nitrogens with one attached hydrogen (secondary N) is 1. The molecule has 0 aromatic heterocycles. The molecule has 2 rings (SSSR count). The standard InChI is InChI=1S/C22H31NO9P2.2Na/c1-3-17(14-5-8-16(24)9-6-14)18(4-2)15-7-10-20(25)19(13-15)23-21(26)11-12-22(33(27,28)29)34(30,31)32;;/h5-10,13,17-18,22,24-25H,3-4,11-12H2,1-2H3,(H,23,26)(H2,27,28,29)(H2,30,31,32);;/t17-,18+;;/m1../s1. The minimum atomic E-state index is -5.13. The van der Waals surface area contributed by atoms with E-state index in [4.69, 9.17) is 0 Å². The number of hydrogen-bond donors (Lipinski definition) is 7. The summed E-state index contributed by atoms with van der Waals surface area (Å²) in [6, 6.07) is 11.8. The van der Waals surface area contributed by atoms with Gasteiger partial charge in [-0.2, -0.15) is 0 Å². The zero-order valence-electron chi connectivity index (χ0n) is 20.9. The summed E-state index contributed by atoms with van der Waals surface area (Å²) in [4.78, 5) is 49.2. The molecule has 36 heavy (non-hydrogen) atoms. The van der Waals surface area contributed by atoms with Crippen molar-refractivity contribution in [3.05, 3.63) is 53.6 Å². The summed E-state index contributed by atoms with van der Waals surface area (Å²) in [5, 5.41) is 20.0. The topological polar surface area (TPSA) is 185 Å². The van der Waals surface area contributed by atoms with E-state index in [0.717, 1.165) is 24.0 Å². The Labute approximate surface area is 254 Å². The zero-order valence-corrected chi connectivity index (χ0v) is 26.7. The minimum Gasteiger partial charge on any atom is -0.508 e. The van der Waals surface area contributed by atoms with Crippen LogP contribution in [0.3, 0.4) is 0 Å². The summed E-state index contributed by atoms with van der Waals surface area (Å²) < 4.78 is 22.8. The second-order valence-corrected chi connectivity index (χ2v) is 12.2. The molecular weight excluding hydrogens is 530 g/mol. The first-order valence-electron chi connectivity index (χ1n) is 10.8. The van der Waals surface area contributed by atoms with Gasteiger partial charge in [0.05, 0.1) is 5.69 Å². The second-order valence-electron chi connectivity index (χ2n) is 8.14. The van der Waals surface area contributed by atoms with Gasteiger partial charge in [0.2, 0.25) is 5.91 Å². The Kier molecular flexibility index (Phi) is 15.3. The molecule has 7 N–H and O–H groups in total. The van der Waals surface area contributed by atoms with Crippen LogP contribution in [0.1, 0.15) is 62.5 Å². The molecular formula is C22H31NNa2O9P2. The minimum absolute atomic E-state index is 0. The van der Waals surface area contributed by atoms with Crippen LogP contribution >= 0.6 is 15.2 Å². The van der Waals surface area contributed by atoms with Crippen molar-refractivity contribution in [1.82, 2.24) is 0 Å². The van der Waals surface area contributed by atoms with Gasteiger partial charge in [0.1, 0.15) is 11.5 Å². The summed E-state index contributed by atoms with van der Waals surface area (Å²) >= 11 is 0. The first kappa shape index (κ1) is 35.8. The summed E-state index contributed by atoms with van der Waals surface area (Å²) in [6.45, 7) is 4.06. The molecule has 14 heteroatoms. The van der Waals surface area contributed by atoms with Crippen LogP contribution < -0.4 is 5.32 Å². The van der Waals surface area contributed by atoms with Gasteiger partial charge in [0.25, 0.3) is 0 Å². The van der Waals surface area contributed by atoms with Gasteiger partial charge in [-0.15, -0.1) is 0 Å². The van der Waals surface area contributed by atoms with Crippen LogP contribution in [0.5, 0.6) is 11.5 Å². The van der Waals surface area contributed by atoms with E-state index in [9.17, 15) is 43.7 Å². The third kappa shape index (κ3) is 10.2. The van der Waals surface area contributed by atoms with Crippen molar-refractivity contribution >= 4 is 85.9 Å². The van der Waals surface area contributed by atoms with Crippen LogP contribution in [-0.4, -0.2) is 100 Å². The molecule has 0 aliphatic carbocycles. The number of hydrogen-bond acceptors (Lipinski definition) is 5. The quantitative estimate of drug-likeness (QED) is 0.123. The fourth-order valence-corrected chi connectivity index (χ4v) is 6.61. The summed E-state index contributed by atoms with van der Waals surface area (Å²) in [6.07, 6.45) is 0.270. The second kappa shape index (κ2) is 15.4. The van der Waals surface area contributed by atoms with Crippen molar-refractivity contribution in [2.75, 3.05) is 5.32 Å². The molecule has 0 heterocycles. The van der Waals surface area contributed by atoms with Crippen LogP contribution in [0.25, 0.3) is 0 Å². The number of aromatic hydroxyl groups is 2. The van der Waals surface area contributed by atoms with Crippen LogP contribution in [0, 0.1) is 0 Å². The Hall–Kier alpha value is -0.190. The van der Waals surface area contributed by atoms with Crippen molar-refractivity contribution in [3.63, 3.8) is 0 Å². The third-order valence-corrected chi connectivity index (χ3v) is 9.69. The van der Waals surface area contributed by atoms with E-state index >= 15 is 0 Å². The SMILES string of the molecule is CC[C@H](c1ccc(O)cc1)[C@@H](CC)c1ccc(O)c(NC(=O)CCC(P(=O)(O)O)P(=O)(O)O)c1.[Na].[Na]. The molecule has 0 fully saturated rings. The predicted molar refractivity (Wildman–Crippen MR) is 140 cm³/mol. The number of carbonyl (C=O) groups is 1. The fraction of sp³-hybridized carbons (Fsp3) is 0.409. The van der Waals surface area contributed by atoms with Crippen molar-refractivity contribution < 1.29 is 43.7 Å². The van der Waals surface area contributed by atoms with E-state index in [1.54, 1.807) is 24.3 Å². The maximum Gasteiger partial charge on any atom is 0.340 e. The largest absolute Gasteiger partial charge is 0.508 e. The molecule has 0 saturated carbocycles. The Morgan fingerprint density at radius 3 is 1.78 bits per heavy atom. The van der Waals surface area contributed by atoms with E-state index in [1.165, 1.54) is 6.07 Å². The molecule has 0 aliphatic rings. The van der Waals surface area contributed by atoms with E-state index in [0.29, 0.717) is 0 Å². The normalized spacial score (nSPS) is 13.3. The maximum atomic E-state index is 12.4. The van der Waals surface area contributed by atoms with Gasteiger partial charge < -0.3 is 35.1 Å². The van der Waals surface area contributed by atoms with E-state index in [-0.39, 0.29) is 88.1 Å². The number of amides is 1. The number of rotatable bonds is 11. The van der Waals surface area contributed by atoms with Gasteiger partial charge in [0.15, 0.2) is 5.40 Å². The molecule has 0 unspecified atom stereocenters. The van der Waals surface area contributed by atoms with Gasteiger partial charge >= 0.3 is 15.2 Å². The number of anilines is 1. The molecule has 190 valence electrons. The molecule has 0 saturated heterocycles. The average molecular weight is 561 g/mol. The van der Waals surface area contributed by atoms with Gasteiger partial charge in [-0.25, -0.2) is 0 Å². The third-order valence-electron chi connectivity index (χ3n) is 5.82. The number of benzene rings is 2. The van der Waals surface area contributed by atoms with E-state index in [2.05, 4.69) is 5.32 Å². The predicted octanol–water partition coefficient (Wildman–Crippen LogP) is 3.42. The maximum absolute atomic E-state index is 12.4. The van der Waals surface area contributed by atoms with Crippen LogP contribution in [0.4, 0.5) is 5.69 Å². The van der Waals surface area contributed by atoms with Gasteiger partial charge in [-0.3, -0.25) is 13.9 Å². The molecule has 0 aliphatic heterocycles. The zero-order chi connectivity index (χ0) is 25.7. The van der Waals surface area contributed by atoms with Gasteiger partial charge in [-0.1, -0.05) is 32.0 Å². The average Bonchev–Trinajstić information content (AvgIpc) is 2.72. The molecule has 0 bridgehead atoms. The number of carbonyl (C=O) groups excluding carboxylic acids is 1. The fourth-order valence-electron chi connectivity index (χ4n) is 4.12. The number of phenolic OH excluding ortho intramolecular Hbond substituents is 2. The van der Waals surface area contributed by atoms with E-state index < -0.39 is 39.3 Å². The summed E-state index contributed by atoms with van der Waals surface area (Å²) in [5.41, 5.74) is 1.97. The molecule has 2 aromatic rings. The molecule has 2 radical (unpaired) electrons. The smallest absolute Gasteiger partial charge is 0.340 e. The van der Waals surface area contributed by atoms with Crippen LogP contribution in [0.15, 0.2) is 42.5 Å². The van der Waals surface area contributed by atoms with Crippen LogP contribution in [-0.2, 0) is 13.9 Å². The Morgan fingerprint density at radius 2 is 1.31 bits per heavy atom. The molecule has 0 spiro atoms. The van der Waals surface area contributed by atoms with Gasteiger partial charge in [0, 0.05) is 65.5 Å². The van der Waals surface area contributed by atoms with Crippen molar-refractivity contribution in [3.8, 4) is 11.5 Å². The summed E-state index contributed by atoms with van der Waals surface area (Å²) in [5.74, 6) is -0.671. The molecule has 2 aromatic carbocycles. The van der Waals surface area contributed by atoms with Crippen LogP contribution in [0.2, 0.25) is 0 Å². The molecule has 1 amide bonds. The van der Waals surface area contributed by atoms with Gasteiger partial charge in [-0.05, 0) is 66.5 Å². The first-order chi connectivity index (χ1) is 15.8. The Morgan fingerprint density at radius 1 is 0.833 bits per heavy atom. The Balaban J connectivity index is 0.00000612. The molecule has 2 atom stereocenters. The van der Waals surface area contributed by atoms with E-state index in [1.807, 2.05) is 26.0 Å². The Bertz CT molecular complexity index is 1070. The summed E-state index contributed by atoms with van der Waals surface area (Å²) in [7, 11) is -10.3. The van der Waals surface area contributed by atoms with Crippen molar-refractivity contribution in [2.45, 2.75) is 56.8 Å². The van der Waals surface area contributed by atoms with Crippen molar-refractivity contribution in [2.24, 2.45) is 0 Å².